The van der Waals surface area contributed by atoms with Gasteiger partial charge < -0.3 is 10.1 Å². The van der Waals surface area contributed by atoms with Crippen LogP contribution in [-0.4, -0.2) is 34.8 Å². The topological polar surface area (TPSA) is 79.8 Å². The highest BCUT2D eigenvalue weighted by Gasteiger charge is 2.24. The van der Waals surface area contributed by atoms with Gasteiger partial charge in [0, 0.05) is 23.7 Å². The summed E-state index contributed by atoms with van der Waals surface area (Å²) in [5.41, 5.74) is 3.86. The molecule has 34 heavy (non-hydrogen) atoms. The van der Waals surface area contributed by atoms with Gasteiger partial charge in [-0.15, -0.1) is 0 Å². The quantitative estimate of drug-likeness (QED) is 0.446. The van der Waals surface area contributed by atoms with Gasteiger partial charge in [0.1, 0.15) is 10.2 Å². The standard InChI is InChI=1S/C27H32BrN3O3/c1-6-23-17(2)30-24(28)15-21(23)16-29-25(32)20-9-7-18(8-10-20)19-11-13-22(14-12-19)31-26(33)34-27(3,4)5/h7-15,17,23H,6,16H2,1-5H3,(H,29,32)(H,31,33). The molecule has 1 aliphatic heterocycles. The molecule has 0 radical (unpaired) electrons. The number of nitrogens with zero attached hydrogens (tertiary/aromatic N) is 1. The first kappa shape index (κ1) is 25.7. The Morgan fingerprint density at radius 2 is 1.62 bits per heavy atom. The van der Waals surface area contributed by atoms with Crippen LogP contribution >= 0.6 is 15.9 Å². The van der Waals surface area contributed by atoms with E-state index in [4.69, 9.17) is 4.74 Å². The van der Waals surface area contributed by atoms with Crippen LogP contribution < -0.4 is 10.6 Å². The molecule has 2 aromatic rings. The summed E-state index contributed by atoms with van der Waals surface area (Å²) in [6, 6.07) is 15.2. The second-order valence-corrected chi connectivity index (χ2v) is 10.2. The van der Waals surface area contributed by atoms with Gasteiger partial charge in [-0.3, -0.25) is 15.1 Å². The summed E-state index contributed by atoms with van der Waals surface area (Å²) in [5.74, 6) is 0.224. The van der Waals surface area contributed by atoms with Gasteiger partial charge in [0.05, 0.1) is 6.04 Å². The van der Waals surface area contributed by atoms with Crippen molar-refractivity contribution in [3.8, 4) is 11.1 Å². The summed E-state index contributed by atoms with van der Waals surface area (Å²) < 4.78 is 6.10. The normalized spacial score (nSPS) is 17.9. The molecule has 0 bridgehead atoms. The number of allylic oxidation sites excluding steroid dienone is 1. The summed E-state index contributed by atoms with van der Waals surface area (Å²) in [6.45, 7) is 10.2. The minimum Gasteiger partial charge on any atom is -0.444 e. The van der Waals surface area contributed by atoms with E-state index < -0.39 is 11.7 Å². The molecular weight excluding hydrogens is 494 g/mol. The fourth-order valence-corrected chi connectivity index (χ4v) is 4.56. The van der Waals surface area contributed by atoms with E-state index >= 15 is 0 Å². The Hall–Kier alpha value is -2.93. The molecule has 2 N–H and O–H groups in total. The molecule has 3 rings (SSSR count). The first-order chi connectivity index (χ1) is 16.1. The first-order valence-corrected chi connectivity index (χ1v) is 12.3. The van der Waals surface area contributed by atoms with Crippen molar-refractivity contribution in [1.29, 1.82) is 0 Å². The Kier molecular flexibility index (Phi) is 8.31. The summed E-state index contributed by atoms with van der Waals surface area (Å²) >= 11 is 3.47. The fourth-order valence-electron chi connectivity index (χ4n) is 3.94. The summed E-state index contributed by atoms with van der Waals surface area (Å²) in [6.07, 6.45) is 2.51. The van der Waals surface area contributed by atoms with Gasteiger partial charge in [0.2, 0.25) is 0 Å². The van der Waals surface area contributed by atoms with Crippen LogP contribution in [0, 0.1) is 5.92 Å². The molecule has 0 aromatic heterocycles. The maximum Gasteiger partial charge on any atom is 0.412 e. The predicted molar refractivity (Wildman–Crippen MR) is 142 cm³/mol. The van der Waals surface area contributed by atoms with Crippen molar-refractivity contribution in [2.24, 2.45) is 10.9 Å². The van der Waals surface area contributed by atoms with Crippen molar-refractivity contribution in [3.05, 3.63) is 65.7 Å². The van der Waals surface area contributed by atoms with E-state index in [0.29, 0.717) is 23.7 Å². The van der Waals surface area contributed by atoms with Crippen LogP contribution in [0.25, 0.3) is 11.1 Å². The van der Waals surface area contributed by atoms with E-state index in [1.54, 1.807) is 0 Å². The molecule has 2 aromatic carbocycles. The van der Waals surface area contributed by atoms with E-state index in [1.807, 2.05) is 75.4 Å². The van der Waals surface area contributed by atoms with Crippen molar-refractivity contribution in [3.63, 3.8) is 0 Å². The molecule has 2 atom stereocenters. The minimum absolute atomic E-state index is 0.106. The molecule has 180 valence electrons. The highest BCUT2D eigenvalue weighted by molar-refractivity contribution is 9.18. The zero-order chi connectivity index (χ0) is 24.9. The fraction of sp³-hybridized carbons (Fsp3) is 0.370. The number of aliphatic imine (C=N–C) groups is 1. The number of rotatable bonds is 6. The van der Waals surface area contributed by atoms with Crippen molar-refractivity contribution < 1.29 is 14.3 Å². The molecule has 2 amide bonds. The first-order valence-electron chi connectivity index (χ1n) is 11.5. The van der Waals surface area contributed by atoms with Gasteiger partial charge >= 0.3 is 6.09 Å². The lowest BCUT2D eigenvalue weighted by molar-refractivity contribution is 0.0635. The zero-order valence-corrected chi connectivity index (χ0v) is 21.9. The third-order valence-corrected chi connectivity index (χ3v) is 6.03. The number of anilines is 1. The SMILES string of the molecule is CCC1C(CNC(=O)c2ccc(-c3ccc(NC(=O)OC(C)(C)C)cc3)cc2)=CC(Br)=NC1C. The number of hydrogen-bond acceptors (Lipinski definition) is 4. The lowest BCUT2D eigenvalue weighted by Gasteiger charge is -2.26. The van der Waals surface area contributed by atoms with Crippen LogP contribution in [0.15, 0.2) is 65.2 Å². The second-order valence-electron chi connectivity index (χ2n) is 9.39. The predicted octanol–water partition coefficient (Wildman–Crippen LogP) is 6.58. The largest absolute Gasteiger partial charge is 0.444 e. The van der Waals surface area contributed by atoms with Crippen LogP contribution in [-0.2, 0) is 4.74 Å². The lowest BCUT2D eigenvalue weighted by Crippen LogP contribution is -2.32. The highest BCUT2D eigenvalue weighted by atomic mass is 79.9. The number of halogens is 1. The molecule has 0 spiro atoms. The number of benzene rings is 2. The number of hydrogen-bond donors (Lipinski definition) is 2. The van der Waals surface area contributed by atoms with Crippen molar-refractivity contribution in [2.45, 2.75) is 52.7 Å². The number of nitrogens with one attached hydrogen (secondary N) is 2. The van der Waals surface area contributed by atoms with Gasteiger partial charge in [-0.1, -0.05) is 31.2 Å². The second kappa shape index (κ2) is 11.0. The van der Waals surface area contributed by atoms with E-state index in [-0.39, 0.29) is 11.9 Å². The number of carbonyl (C=O) groups excluding carboxylic acids is 2. The average molecular weight is 526 g/mol. The third-order valence-electron chi connectivity index (χ3n) is 5.59. The third kappa shape index (κ3) is 7.03. The van der Waals surface area contributed by atoms with Crippen LogP contribution in [0.1, 0.15) is 51.4 Å². The molecule has 0 fully saturated rings. The zero-order valence-electron chi connectivity index (χ0n) is 20.3. The van der Waals surface area contributed by atoms with Crippen molar-refractivity contribution >= 4 is 38.2 Å². The Morgan fingerprint density at radius 1 is 1.03 bits per heavy atom. The van der Waals surface area contributed by atoms with Crippen LogP contribution in [0.4, 0.5) is 10.5 Å². The van der Waals surface area contributed by atoms with Gasteiger partial charge in [-0.2, -0.15) is 0 Å². The van der Waals surface area contributed by atoms with E-state index in [1.165, 1.54) is 5.57 Å². The molecular formula is C27H32BrN3O3. The molecule has 0 saturated heterocycles. The van der Waals surface area contributed by atoms with Gasteiger partial charge in [-0.25, -0.2) is 4.79 Å². The van der Waals surface area contributed by atoms with Crippen molar-refractivity contribution in [2.75, 3.05) is 11.9 Å². The van der Waals surface area contributed by atoms with E-state index in [9.17, 15) is 9.59 Å². The van der Waals surface area contributed by atoms with E-state index in [2.05, 4.69) is 45.4 Å². The van der Waals surface area contributed by atoms with Crippen LogP contribution in [0.5, 0.6) is 0 Å². The molecule has 0 aliphatic carbocycles. The Balaban J connectivity index is 1.60. The Labute approximate surface area is 210 Å². The maximum absolute atomic E-state index is 12.7. The monoisotopic (exact) mass is 525 g/mol. The summed E-state index contributed by atoms with van der Waals surface area (Å²) in [7, 11) is 0. The Morgan fingerprint density at radius 3 is 2.18 bits per heavy atom. The smallest absolute Gasteiger partial charge is 0.412 e. The van der Waals surface area contributed by atoms with Gasteiger partial charge in [-0.05, 0) is 97.1 Å². The van der Waals surface area contributed by atoms with Crippen molar-refractivity contribution in [1.82, 2.24) is 5.32 Å². The number of dihydropyridines is 1. The molecule has 0 saturated carbocycles. The Bertz CT molecular complexity index is 1080. The van der Waals surface area contributed by atoms with Crippen LogP contribution in [0.3, 0.4) is 0 Å². The number of ether oxygens (including phenoxy) is 1. The molecule has 2 unspecified atom stereocenters. The molecule has 7 heteroatoms. The van der Waals surface area contributed by atoms with Gasteiger partial charge in [0.15, 0.2) is 0 Å². The molecule has 1 heterocycles. The highest BCUT2D eigenvalue weighted by Crippen LogP contribution is 2.27. The number of carbonyl (C=O) groups is 2. The summed E-state index contributed by atoms with van der Waals surface area (Å²) in [4.78, 5) is 29.2. The summed E-state index contributed by atoms with van der Waals surface area (Å²) in [5, 5.41) is 5.77. The molecule has 1 aliphatic rings. The minimum atomic E-state index is -0.549. The average Bonchev–Trinajstić information content (AvgIpc) is 2.76. The lowest BCUT2D eigenvalue weighted by atomic mass is 9.88. The van der Waals surface area contributed by atoms with Crippen LogP contribution in [0.2, 0.25) is 0 Å². The van der Waals surface area contributed by atoms with Gasteiger partial charge in [0.25, 0.3) is 5.91 Å². The van der Waals surface area contributed by atoms with E-state index in [0.717, 1.165) is 22.2 Å². The number of amides is 2. The molecule has 6 nitrogen and oxygen atoms in total. The maximum atomic E-state index is 12.7.